The van der Waals surface area contributed by atoms with Crippen molar-refractivity contribution in [3.05, 3.63) is 12.1 Å². The number of amides is 1. The minimum absolute atomic E-state index is 0.000835. The summed E-state index contributed by atoms with van der Waals surface area (Å²) in [5, 5.41) is 6.20. The standard InChI is InChI=1S/C15H21N3O3/c16-11-7-13-14(21-9-20-13)8-12(11)18-15(19)2-1-10-3-5-17-6-4-10/h7-8,10,17H,1-6,9,16H2,(H,18,19). The van der Waals surface area contributed by atoms with Crippen LogP contribution in [0.3, 0.4) is 0 Å². The molecule has 6 nitrogen and oxygen atoms in total. The molecule has 1 aromatic carbocycles. The summed E-state index contributed by atoms with van der Waals surface area (Å²) in [5.41, 5.74) is 7.01. The lowest BCUT2D eigenvalue weighted by atomic mass is 9.93. The highest BCUT2D eigenvalue weighted by Crippen LogP contribution is 2.38. The normalized spacial score (nSPS) is 17.7. The molecule has 4 N–H and O–H groups in total. The van der Waals surface area contributed by atoms with Gasteiger partial charge in [0.15, 0.2) is 11.5 Å². The number of carbonyl (C=O) groups is 1. The molecule has 2 aliphatic rings. The van der Waals surface area contributed by atoms with Gasteiger partial charge in [-0.05, 0) is 38.3 Å². The number of nitrogens with one attached hydrogen (secondary N) is 2. The second-order valence-electron chi connectivity index (χ2n) is 5.57. The van der Waals surface area contributed by atoms with Crippen molar-refractivity contribution in [2.45, 2.75) is 25.7 Å². The number of hydrogen-bond acceptors (Lipinski definition) is 5. The Balaban J connectivity index is 1.54. The van der Waals surface area contributed by atoms with Crippen molar-refractivity contribution in [1.82, 2.24) is 5.32 Å². The smallest absolute Gasteiger partial charge is 0.231 e. The lowest BCUT2D eigenvalue weighted by Crippen LogP contribution is -2.28. The van der Waals surface area contributed by atoms with E-state index in [1.54, 1.807) is 12.1 Å². The molecule has 1 saturated heterocycles. The number of ether oxygens (including phenoxy) is 2. The maximum atomic E-state index is 12.1. The zero-order valence-electron chi connectivity index (χ0n) is 12.0. The third kappa shape index (κ3) is 3.39. The van der Waals surface area contributed by atoms with Gasteiger partial charge < -0.3 is 25.8 Å². The van der Waals surface area contributed by atoms with Crippen LogP contribution in [0.2, 0.25) is 0 Å². The van der Waals surface area contributed by atoms with Crippen molar-refractivity contribution in [3.63, 3.8) is 0 Å². The third-order valence-corrected chi connectivity index (χ3v) is 4.06. The minimum atomic E-state index is -0.000835. The van der Waals surface area contributed by atoms with Crippen molar-refractivity contribution >= 4 is 17.3 Å². The van der Waals surface area contributed by atoms with E-state index in [-0.39, 0.29) is 12.7 Å². The Morgan fingerprint density at radius 1 is 1.29 bits per heavy atom. The van der Waals surface area contributed by atoms with Gasteiger partial charge in [0.1, 0.15) is 0 Å². The largest absolute Gasteiger partial charge is 0.454 e. The van der Waals surface area contributed by atoms with Crippen LogP contribution < -0.4 is 25.8 Å². The molecule has 2 aliphatic heterocycles. The second kappa shape index (κ2) is 6.22. The average molecular weight is 291 g/mol. The molecule has 0 unspecified atom stereocenters. The summed E-state index contributed by atoms with van der Waals surface area (Å²) in [7, 11) is 0. The first-order valence-corrected chi connectivity index (χ1v) is 7.42. The molecule has 1 fully saturated rings. The minimum Gasteiger partial charge on any atom is -0.454 e. The maximum Gasteiger partial charge on any atom is 0.231 e. The molecule has 0 atom stereocenters. The van der Waals surface area contributed by atoms with Gasteiger partial charge in [0.25, 0.3) is 0 Å². The highest BCUT2D eigenvalue weighted by molar-refractivity contribution is 5.94. The Morgan fingerprint density at radius 3 is 2.76 bits per heavy atom. The van der Waals surface area contributed by atoms with Crippen molar-refractivity contribution in [2.24, 2.45) is 5.92 Å². The zero-order valence-corrected chi connectivity index (χ0v) is 12.0. The first kappa shape index (κ1) is 14.0. The Kier molecular flexibility index (Phi) is 4.15. The zero-order chi connectivity index (χ0) is 14.7. The summed E-state index contributed by atoms with van der Waals surface area (Å²) in [6.07, 6.45) is 3.76. The number of piperidine rings is 1. The van der Waals surface area contributed by atoms with Gasteiger partial charge >= 0.3 is 0 Å². The molecule has 3 rings (SSSR count). The molecule has 0 radical (unpaired) electrons. The molecule has 0 saturated carbocycles. The van der Waals surface area contributed by atoms with E-state index in [9.17, 15) is 4.79 Å². The van der Waals surface area contributed by atoms with Crippen LogP contribution in [0.15, 0.2) is 12.1 Å². The van der Waals surface area contributed by atoms with Gasteiger partial charge in [-0.2, -0.15) is 0 Å². The Bertz CT molecular complexity index is 527. The van der Waals surface area contributed by atoms with Crippen molar-refractivity contribution in [1.29, 1.82) is 0 Å². The van der Waals surface area contributed by atoms with E-state index in [0.29, 0.717) is 35.2 Å². The highest BCUT2D eigenvalue weighted by Gasteiger charge is 2.18. The number of fused-ring (bicyclic) bond motifs is 1. The van der Waals surface area contributed by atoms with E-state index in [1.807, 2.05) is 0 Å². The van der Waals surface area contributed by atoms with Gasteiger partial charge in [-0.1, -0.05) is 0 Å². The maximum absolute atomic E-state index is 12.1. The van der Waals surface area contributed by atoms with Crippen molar-refractivity contribution in [3.8, 4) is 11.5 Å². The first-order chi connectivity index (χ1) is 10.2. The Hall–Kier alpha value is -1.95. The monoisotopic (exact) mass is 291 g/mol. The lowest BCUT2D eigenvalue weighted by molar-refractivity contribution is -0.116. The SMILES string of the molecule is Nc1cc2c(cc1NC(=O)CCC1CCNCC1)OCO2. The lowest BCUT2D eigenvalue weighted by Gasteiger charge is -2.22. The average Bonchev–Trinajstić information content (AvgIpc) is 2.94. The number of nitrogens with two attached hydrogens (primary N) is 1. The van der Waals surface area contributed by atoms with Crippen LogP contribution in [-0.2, 0) is 4.79 Å². The summed E-state index contributed by atoms with van der Waals surface area (Å²) in [6, 6.07) is 3.41. The predicted octanol–water partition coefficient (Wildman–Crippen LogP) is 1.72. The number of hydrogen-bond donors (Lipinski definition) is 3. The van der Waals surface area contributed by atoms with E-state index < -0.39 is 0 Å². The predicted molar refractivity (Wildman–Crippen MR) is 80.4 cm³/mol. The molecule has 0 spiro atoms. The molecule has 21 heavy (non-hydrogen) atoms. The molecule has 0 aliphatic carbocycles. The number of anilines is 2. The summed E-state index contributed by atoms with van der Waals surface area (Å²) >= 11 is 0. The number of rotatable bonds is 4. The van der Waals surface area contributed by atoms with Gasteiger partial charge in [0.05, 0.1) is 11.4 Å². The van der Waals surface area contributed by atoms with Crippen LogP contribution in [0, 0.1) is 5.92 Å². The van der Waals surface area contributed by atoms with Crippen LogP contribution in [-0.4, -0.2) is 25.8 Å². The first-order valence-electron chi connectivity index (χ1n) is 7.42. The van der Waals surface area contributed by atoms with Gasteiger partial charge in [-0.25, -0.2) is 0 Å². The molecule has 1 amide bonds. The Labute approximate surface area is 124 Å². The van der Waals surface area contributed by atoms with Gasteiger partial charge in [0, 0.05) is 18.6 Å². The van der Waals surface area contributed by atoms with Crippen LogP contribution in [0.4, 0.5) is 11.4 Å². The van der Waals surface area contributed by atoms with Gasteiger partial charge in [-0.3, -0.25) is 4.79 Å². The van der Waals surface area contributed by atoms with E-state index in [0.717, 1.165) is 32.4 Å². The van der Waals surface area contributed by atoms with Gasteiger partial charge in [-0.15, -0.1) is 0 Å². The van der Waals surface area contributed by atoms with E-state index in [1.165, 1.54) is 0 Å². The van der Waals surface area contributed by atoms with E-state index >= 15 is 0 Å². The fourth-order valence-electron chi connectivity index (χ4n) is 2.78. The third-order valence-electron chi connectivity index (χ3n) is 4.06. The number of carbonyl (C=O) groups excluding carboxylic acids is 1. The highest BCUT2D eigenvalue weighted by atomic mass is 16.7. The molecule has 1 aromatic rings. The fraction of sp³-hybridized carbons (Fsp3) is 0.533. The van der Waals surface area contributed by atoms with Crippen molar-refractivity contribution in [2.75, 3.05) is 30.9 Å². The fourth-order valence-corrected chi connectivity index (χ4v) is 2.78. The van der Waals surface area contributed by atoms with E-state index in [2.05, 4.69) is 10.6 Å². The number of benzene rings is 1. The molecule has 2 heterocycles. The molecule has 6 heteroatoms. The van der Waals surface area contributed by atoms with Crippen LogP contribution >= 0.6 is 0 Å². The van der Waals surface area contributed by atoms with Gasteiger partial charge in [0.2, 0.25) is 12.7 Å². The summed E-state index contributed by atoms with van der Waals surface area (Å²) < 4.78 is 10.5. The van der Waals surface area contributed by atoms with Crippen molar-refractivity contribution < 1.29 is 14.3 Å². The molecular weight excluding hydrogens is 270 g/mol. The molecular formula is C15H21N3O3. The number of nitrogen functional groups attached to an aromatic ring is 1. The molecule has 114 valence electrons. The van der Waals surface area contributed by atoms with Crippen LogP contribution in [0.5, 0.6) is 11.5 Å². The molecule has 0 bridgehead atoms. The van der Waals surface area contributed by atoms with E-state index in [4.69, 9.17) is 15.2 Å². The second-order valence-corrected chi connectivity index (χ2v) is 5.57. The van der Waals surface area contributed by atoms with Crippen LogP contribution in [0.25, 0.3) is 0 Å². The Morgan fingerprint density at radius 2 is 2.00 bits per heavy atom. The molecule has 0 aromatic heterocycles. The topological polar surface area (TPSA) is 85.6 Å². The quantitative estimate of drug-likeness (QED) is 0.735. The summed E-state index contributed by atoms with van der Waals surface area (Å²) in [6.45, 7) is 2.31. The van der Waals surface area contributed by atoms with Crippen LogP contribution in [0.1, 0.15) is 25.7 Å². The summed E-state index contributed by atoms with van der Waals surface area (Å²) in [4.78, 5) is 12.1. The summed E-state index contributed by atoms with van der Waals surface area (Å²) in [5.74, 6) is 1.89.